The van der Waals surface area contributed by atoms with Crippen LogP contribution in [0.2, 0.25) is 0 Å². The van der Waals surface area contributed by atoms with Gasteiger partial charge in [0.2, 0.25) is 0 Å². The summed E-state index contributed by atoms with van der Waals surface area (Å²) in [6, 6.07) is 3.18. The number of benzene rings is 1. The van der Waals surface area contributed by atoms with E-state index in [9.17, 15) is 9.90 Å². The summed E-state index contributed by atoms with van der Waals surface area (Å²) in [4.78, 5) is 19.2. The number of rotatable bonds is 1. The number of piperidine rings is 1. The molecular formula is C16H18N2O3. The van der Waals surface area contributed by atoms with Gasteiger partial charge in [-0.2, -0.15) is 0 Å². The van der Waals surface area contributed by atoms with Crippen LogP contribution in [0.15, 0.2) is 17.1 Å². The van der Waals surface area contributed by atoms with Crippen LogP contribution < -0.4 is 4.74 Å². The van der Waals surface area contributed by atoms with Crippen LogP contribution in [0, 0.1) is 5.41 Å². The SMILES string of the molecule is COc1cc2c(cc1O)N=C[C@@H]1CC3(CCN1C2=O)CC3. The fourth-order valence-electron chi connectivity index (χ4n) is 3.52. The molecule has 0 aromatic heterocycles. The van der Waals surface area contributed by atoms with E-state index >= 15 is 0 Å². The molecule has 110 valence electrons. The third-order valence-electron chi connectivity index (χ3n) is 5.06. The van der Waals surface area contributed by atoms with E-state index in [1.54, 1.807) is 6.07 Å². The monoisotopic (exact) mass is 286 g/mol. The Kier molecular flexibility index (Phi) is 2.55. The Labute approximate surface area is 123 Å². The highest BCUT2D eigenvalue weighted by atomic mass is 16.5. The van der Waals surface area contributed by atoms with Crippen LogP contribution in [0.4, 0.5) is 5.69 Å². The molecule has 0 unspecified atom stereocenters. The number of hydrogen-bond donors (Lipinski definition) is 1. The van der Waals surface area contributed by atoms with Crippen molar-refractivity contribution in [3.63, 3.8) is 0 Å². The maximum absolute atomic E-state index is 12.8. The zero-order valence-electron chi connectivity index (χ0n) is 12.0. The third-order valence-corrected chi connectivity index (χ3v) is 5.06. The number of phenolic OH excluding ortho intramolecular Hbond substituents is 1. The number of hydrogen-bond acceptors (Lipinski definition) is 4. The molecule has 4 rings (SSSR count). The molecule has 21 heavy (non-hydrogen) atoms. The van der Waals surface area contributed by atoms with Gasteiger partial charge in [-0.05, 0) is 37.2 Å². The van der Waals surface area contributed by atoms with Gasteiger partial charge in [-0.15, -0.1) is 0 Å². The number of methoxy groups -OCH3 is 1. The molecule has 3 aliphatic rings. The quantitative estimate of drug-likeness (QED) is 0.862. The number of aliphatic imine (C=N–C) groups is 1. The molecule has 1 aromatic rings. The fourth-order valence-corrected chi connectivity index (χ4v) is 3.52. The van der Waals surface area contributed by atoms with E-state index < -0.39 is 0 Å². The average molecular weight is 286 g/mol. The molecule has 0 bridgehead atoms. The molecule has 1 aromatic carbocycles. The molecule has 2 fully saturated rings. The highest BCUT2D eigenvalue weighted by molar-refractivity contribution is 6.03. The number of carbonyl (C=O) groups is 1. The Bertz CT molecular complexity index is 649. The number of amides is 1. The van der Waals surface area contributed by atoms with Crippen LogP contribution in [0.25, 0.3) is 0 Å². The van der Waals surface area contributed by atoms with Crippen LogP contribution in [-0.2, 0) is 0 Å². The molecule has 5 heteroatoms. The molecule has 1 N–H and O–H groups in total. The van der Waals surface area contributed by atoms with Crippen molar-refractivity contribution in [1.82, 2.24) is 4.90 Å². The molecule has 2 aliphatic heterocycles. The van der Waals surface area contributed by atoms with Gasteiger partial charge in [0.1, 0.15) is 0 Å². The minimum absolute atomic E-state index is 0.0127. The average Bonchev–Trinajstić information content (AvgIpc) is 3.24. The molecule has 0 radical (unpaired) electrons. The molecule has 1 atom stereocenters. The molecule has 1 spiro atoms. The lowest BCUT2D eigenvalue weighted by atomic mass is 9.88. The summed E-state index contributed by atoms with van der Waals surface area (Å²) >= 11 is 0. The van der Waals surface area contributed by atoms with Crippen molar-refractivity contribution in [3.8, 4) is 11.5 Å². The Hall–Kier alpha value is -2.04. The van der Waals surface area contributed by atoms with E-state index in [0.717, 1.165) is 19.4 Å². The van der Waals surface area contributed by atoms with Crippen molar-refractivity contribution < 1.29 is 14.6 Å². The van der Waals surface area contributed by atoms with Gasteiger partial charge in [0.15, 0.2) is 11.5 Å². The van der Waals surface area contributed by atoms with Gasteiger partial charge >= 0.3 is 0 Å². The van der Waals surface area contributed by atoms with Crippen molar-refractivity contribution >= 4 is 17.8 Å². The highest BCUT2D eigenvalue weighted by Crippen LogP contribution is 2.55. The number of aromatic hydroxyl groups is 1. The molecule has 1 amide bonds. The van der Waals surface area contributed by atoms with E-state index in [-0.39, 0.29) is 17.7 Å². The number of fused-ring (bicyclic) bond motifs is 2. The van der Waals surface area contributed by atoms with Gasteiger partial charge in [0.05, 0.1) is 24.4 Å². The van der Waals surface area contributed by atoms with Crippen LogP contribution in [-0.4, -0.2) is 41.8 Å². The number of phenols is 1. The summed E-state index contributed by atoms with van der Waals surface area (Å²) in [6.45, 7) is 0.790. The highest BCUT2D eigenvalue weighted by Gasteiger charge is 2.49. The summed E-state index contributed by atoms with van der Waals surface area (Å²) < 4.78 is 5.11. The summed E-state index contributed by atoms with van der Waals surface area (Å²) in [7, 11) is 1.48. The van der Waals surface area contributed by atoms with Gasteiger partial charge in [-0.3, -0.25) is 9.79 Å². The number of carbonyl (C=O) groups excluding carboxylic acids is 1. The maximum Gasteiger partial charge on any atom is 0.256 e. The zero-order chi connectivity index (χ0) is 14.6. The predicted octanol–water partition coefficient (Wildman–Crippen LogP) is 2.50. The van der Waals surface area contributed by atoms with Crippen molar-refractivity contribution in [1.29, 1.82) is 0 Å². The van der Waals surface area contributed by atoms with Crippen molar-refractivity contribution in [3.05, 3.63) is 17.7 Å². The standard InChI is InChI=1S/C16H18N2O3/c1-21-14-6-11-12(7-13(14)19)17-9-10-8-16(2-3-16)4-5-18(10)15(11)20/h6-7,9-10,19H,2-5,8H2,1H3/t10-/m0/s1. The third kappa shape index (κ3) is 1.91. The predicted molar refractivity (Wildman–Crippen MR) is 78.5 cm³/mol. The summed E-state index contributed by atoms with van der Waals surface area (Å²) in [6.07, 6.45) is 6.53. The van der Waals surface area contributed by atoms with Crippen LogP contribution >= 0.6 is 0 Å². The lowest BCUT2D eigenvalue weighted by Crippen LogP contribution is -2.46. The second kappa shape index (κ2) is 4.23. The van der Waals surface area contributed by atoms with Crippen molar-refractivity contribution in [2.24, 2.45) is 10.4 Å². The Balaban J connectivity index is 1.75. The van der Waals surface area contributed by atoms with E-state index in [2.05, 4.69) is 4.99 Å². The van der Waals surface area contributed by atoms with Gasteiger partial charge in [-0.25, -0.2) is 0 Å². The van der Waals surface area contributed by atoms with Gasteiger partial charge < -0.3 is 14.7 Å². The van der Waals surface area contributed by atoms with E-state index in [4.69, 9.17) is 4.74 Å². The van der Waals surface area contributed by atoms with Crippen LogP contribution in [0.5, 0.6) is 11.5 Å². The molecule has 1 saturated heterocycles. The second-order valence-corrected chi connectivity index (χ2v) is 6.34. The number of ether oxygens (including phenoxy) is 1. The zero-order valence-corrected chi connectivity index (χ0v) is 12.0. The Morgan fingerprint density at radius 1 is 1.38 bits per heavy atom. The smallest absolute Gasteiger partial charge is 0.256 e. The van der Waals surface area contributed by atoms with Gasteiger partial charge in [0, 0.05) is 18.8 Å². The lowest BCUT2D eigenvalue weighted by Gasteiger charge is -2.37. The molecule has 1 saturated carbocycles. The normalized spacial score (nSPS) is 25.3. The van der Waals surface area contributed by atoms with E-state index in [1.807, 2.05) is 11.1 Å². The van der Waals surface area contributed by atoms with Crippen LogP contribution in [0.1, 0.15) is 36.0 Å². The first kappa shape index (κ1) is 12.7. The van der Waals surface area contributed by atoms with Crippen molar-refractivity contribution in [2.75, 3.05) is 13.7 Å². The first-order chi connectivity index (χ1) is 10.1. The molecular weight excluding hydrogens is 268 g/mol. The molecule has 5 nitrogen and oxygen atoms in total. The Morgan fingerprint density at radius 2 is 2.19 bits per heavy atom. The van der Waals surface area contributed by atoms with Gasteiger partial charge in [-0.1, -0.05) is 0 Å². The lowest BCUT2D eigenvalue weighted by molar-refractivity contribution is 0.0628. The second-order valence-electron chi connectivity index (χ2n) is 6.34. The van der Waals surface area contributed by atoms with E-state index in [0.29, 0.717) is 22.4 Å². The minimum Gasteiger partial charge on any atom is -0.504 e. The van der Waals surface area contributed by atoms with E-state index in [1.165, 1.54) is 26.0 Å². The van der Waals surface area contributed by atoms with Gasteiger partial charge in [0.25, 0.3) is 5.91 Å². The summed E-state index contributed by atoms with van der Waals surface area (Å²) in [5.74, 6) is 0.312. The molecule has 2 heterocycles. The number of nitrogens with zero attached hydrogens (tertiary/aromatic N) is 2. The van der Waals surface area contributed by atoms with Crippen molar-refractivity contribution in [2.45, 2.75) is 31.7 Å². The minimum atomic E-state index is -0.0127. The first-order valence-electron chi connectivity index (χ1n) is 7.38. The Morgan fingerprint density at radius 3 is 2.90 bits per heavy atom. The van der Waals surface area contributed by atoms with Crippen LogP contribution in [0.3, 0.4) is 0 Å². The first-order valence-corrected chi connectivity index (χ1v) is 7.38. The maximum atomic E-state index is 12.8. The molecule has 1 aliphatic carbocycles. The fraction of sp³-hybridized carbons (Fsp3) is 0.500. The summed E-state index contributed by atoms with van der Waals surface area (Å²) in [5, 5.41) is 9.87. The topological polar surface area (TPSA) is 62.1 Å². The largest absolute Gasteiger partial charge is 0.504 e. The summed E-state index contributed by atoms with van der Waals surface area (Å²) in [5.41, 5.74) is 1.50.